The fourth-order valence-electron chi connectivity index (χ4n) is 3.22. The Morgan fingerprint density at radius 1 is 1.43 bits per heavy atom. The number of alkyl halides is 1. The van der Waals surface area contributed by atoms with E-state index in [-0.39, 0.29) is 6.04 Å². The van der Waals surface area contributed by atoms with Crippen LogP contribution in [-0.4, -0.2) is 28.0 Å². The molecule has 1 N–H and O–H groups in total. The highest BCUT2D eigenvalue weighted by Crippen LogP contribution is 2.31. The van der Waals surface area contributed by atoms with Crippen molar-refractivity contribution in [2.45, 2.75) is 77.6 Å². The highest BCUT2D eigenvalue weighted by Gasteiger charge is 2.31. The number of halogens is 2. The van der Waals surface area contributed by atoms with Crippen LogP contribution < -0.4 is 5.32 Å². The summed E-state index contributed by atoms with van der Waals surface area (Å²) in [6.07, 6.45) is 5.13. The van der Waals surface area contributed by atoms with Crippen molar-refractivity contribution in [2.75, 3.05) is 6.54 Å². The van der Waals surface area contributed by atoms with Crippen molar-refractivity contribution < 1.29 is 4.39 Å². The standard InChI is InChI=1S/C16H27ClFN3/c1-4-13-15(17)14(21(5-2)20-13)11-16(3,18)10-12-8-6-7-9-19-12/h12,19H,4-11H2,1-3H3. The summed E-state index contributed by atoms with van der Waals surface area (Å²) < 4.78 is 16.9. The van der Waals surface area contributed by atoms with Gasteiger partial charge in [-0.1, -0.05) is 24.9 Å². The predicted octanol–water partition coefficient (Wildman–Crippen LogP) is 3.92. The Hall–Kier alpha value is -0.610. The van der Waals surface area contributed by atoms with Gasteiger partial charge in [-0.2, -0.15) is 5.10 Å². The second kappa shape index (κ2) is 7.10. The van der Waals surface area contributed by atoms with Crippen molar-refractivity contribution in [1.82, 2.24) is 15.1 Å². The van der Waals surface area contributed by atoms with E-state index < -0.39 is 5.67 Å². The first-order valence-electron chi connectivity index (χ1n) is 8.13. The van der Waals surface area contributed by atoms with Gasteiger partial charge in [0.25, 0.3) is 0 Å². The van der Waals surface area contributed by atoms with Crippen molar-refractivity contribution in [1.29, 1.82) is 0 Å². The molecule has 0 aliphatic carbocycles. The van der Waals surface area contributed by atoms with Crippen LogP contribution in [-0.2, 0) is 19.4 Å². The summed E-state index contributed by atoms with van der Waals surface area (Å²) >= 11 is 6.39. The summed E-state index contributed by atoms with van der Waals surface area (Å²) in [5.41, 5.74) is 0.466. The first kappa shape index (κ1) is 16.8. The lowest BCUT2D eigenvalue weighted by molar-refractivity contribution is 0.143. The molecule has 1 aromatic heterocycles. The van der Waals surface area contributed by atoms with Gasteiger partial charge in [0.15, 0.2) is 0 Å². The molecule has 1 aromatic rings. The third kappa shape index (κ3) is 4.19. The maximum Gasteiger partial charge on any atom is 0.115 e. The molecule has 2 rings (SSSR count). The minimum absolute atomic E-state index is 0.288. The molecule has 1 fully saturated rings. The van der Waals surface area contributed by atoms with E-state index in [1.54, 1.807) is 6.92 Å². The van der Waals surface area contributed by atoms with Gasteiger partial charge in [0.05, 0.1) is 16.4 Å². The van der Waals surface area contributed by atoms with Crippen molar-refractivity contribution in [3.05, 3.63) is 16.4 Å². The number of hydrogen-bond acceptors (Lipinski definition) is 2. The highest BCUT2D eigenvalue weighted by atomic mass is 35.5. The van der Waals surface area contributed by atoms with Crippen molar-refractivity contribution in [3.8, 4) is 0 Å². The van der Waals surface area contributed by atoms with Gasteiger partial charge in [-0.05, 0) is 46.1 Å². The van der Waals surface area contributed by atoms with Crippen molar-refractivity contribution in [3.63, 3.8) is 0 Å². The largest absolute Gasteiger partial charge is 0.314 e. The zero-order valence-electron chi connectivity index (χ0n) is 13.4. The van der Waals surface area contributed by atoms with E-state index in [0.29, 0.717) is 17.9 Å². The van der Waals surface area contributed by atoms with Gasteiger partial charge in [-0.15, -0.1) is 0 Å². The number of nitrogens with zero attached hydrogens (tertiary/aromatic N) is 2. The zero-order chi connectivity index (χ0) is 15.5. The minimum atomic E-state index is -1.25. The maximum absolute atomic E-state index is 15.0. The van der Waals surface area contributed by atoms with Crippen LogP contribution in [0, 0.1) is 0 Å². The normalized spacial score (nSPS) is 22.2. The van der Waals surface area contributed by atoms with Gasteiger partial charge in [-0.3, -0.25) is 4.68 Å². The molecular formula is C16H27ClFN3. The van der Waals surface area contributed by atoms with Gasteiger partial charge in [-0.25, -0.2) is 4.39 Å². The second-order valence-electron chi connectivity index (χ2n) is 6.32. The Labute approximate surface area is 132 Å². The molecule has 21 heavy (non-hydrogen) atoms. The number of aromatic nitrogens is 2. The zero-order valence-corrected chi connectivity index (χ0v) is 14.1. The number of hydrogen-bond donors (Lipinski definition) is 1. The summed E-state index contributed by atoms with van der Waals surface area (Å²) in [5, 5.41) is 8.56. The maximum atomic E-state index is 15.0. The Morgan fingerprint density at radius 2 is 2.19 bits per heavy atom. The molecule has 1 saturated heterocycles. The summed E-state index contributed by atoms with van der Waals surface area (Å²) in [6.45, 7) is 7.47. The Bertz CT molecular complexity index is 464. The van der Waals surface area contributed by atoms with Crippen molar-refractivity contribution in [2.24, 2.45) is 0 Å². The van der Waals surface area contributed by atoms with E-state index in [2.05, 4.69) is 10.4 Å². The molecule has 0 bridgehead atoms. The number of piperidine rings is 1. The summed E-state index contributed by atoms with van der Waals surface area (Å²) in [5.74, 6) is 0. The molecule has 0 aromatic carbocycles. The summed E-state index contributed by atoms with van der Waals surface area (Å²) in [4.78, 5) is 0. The molecule has 120 valence electrons. The SMILES string of the molecule is CCc1nn(CC)c(CC(C)(F)CC2CCCCN2)c1Cl. The van der Waals surface area contributed by atoms with Crippen LogP contribution in [0.15, 0.2) is 0 Å². The van der Waals surface area contributed by atoms with Crippen LogP contribution in [0.4, 0.5) is 4.39 Å². The lowest BCUT2D eigenvalue weighted by Crippen LogP contribution is -2.40. The third-order valence-corrected chi connectivity index (χ3v) is 4.75. The third-order valence-electron chi connectivity index (χ3n) is 4.31. The summed E-state index contributed by atoms with van der Waals surface area (Å²) in [7, 11) is 0. The molecule has 2 heterocycles. The first-order valence-corrected chi connectivity index (χ1v) is 8.51. The smallest absolute Gasteiger partial charge is 0.115 e. The van der Waals surface area contributed by atoms with E-state index in [0.717, 1.165) is 37.3 Å². The van der Waals surface area contributed by atoms with Gasteiger partial charge in [0.1, 0.15) is 5.67 Å². The van der Waals surface area contributed by atoms with Crippen LogP contribution in [0.5, 0.6) is 0 Å². The second-order valence-corrected chi connectivity index (χ2v) is 6.70. The Balaban J connectivity index is 2.09. The first-order chi connectivity index (χ1) is 9.96. The molecular weight excluding hydrogens is 289 g/mol. The highest BCUT2D eigenvalue weighted by molar-refractivity contribution is 6.31. The van der Waals surface area contributed by atoms with E-state index >= 15 is 4.39 Å². The van der Waals surface area contributed by atoms with E-state index in [9.17, 15) is 0 Å². The molecule has 1 aliphatic heterocycles. The van der Waals surface area contributed by atoms with Gasteiger partial charge < -0.3 is 5.32 Å². The molecule has 0 spiro atoms. The van der Waals surface area contributed by atoms with Crippen LogP contribution in [0.1, 0.15) is 57.8 Å². The lowest BCUT2D eigenvalue weighted by Gasteiger charge is -2.30. The number of nitrogens with one attached hydrogen (secondary N) is 1. The van der Waals surface area contributed by atoms with Crippen LogP contribution >= 0.6 is 11.6 Å². The average molecular weight is 316 g/mol. The fraction of sp³-hybridized carbons (Fsp3) is 0.812. The topological polar surface area (TPSA) is 29.9 Å². The van der Waals surface area contributed by atoms with Gasteiger partial charge >= 0.3 is 0 Å². The van der Waals surface area contributed by atoms with Gasteiger partial charge in [0.2, 0.25) is 0 Å². The van der Waals surface area contributed by atoms with Crippen molar-refractivity contribution >= 4 is 11.6 Å². The van der Waals surface area contributed by atoms with Crippen LogP contribution in [0.3, 0.4) is 0 Å². The van der Waals surface area contributed by atoms with Crippen LogP contribution in [0.2, 0.25) is 5.02 Å². The molecule has 5 heteroatoms. The Kier molecular flexibility index (Phi) is 5.67. The number of aryl methyl sites for hydroxylation is 2. The molecule has 2 unspecified atom stereocenters. The van der Waals surface area contributed by atoms with E-state index in [1.165, 1.54) is 12.8 Å². The molecule has 0 amide bonds. The minimum Gasteiger partial charge on any atom is -0.314 e. The predicted molar refractivity (Wildman–Crippen MR) is 85.8 cm³/mol. The van der Waals surface area contributed by atoms with Crippen LogP contribution in [0.25, 0.3) is 0 Å². The lowest BCUT2D eigenvalue weighted by atomic mass is 9.89. The average Bonchev–Trinajstić information content (AvgIpc) is 2.75. The molecule has 0 radical (unpaired) electrons. The fourth-order valence-corrected chi connectivity index (χ4v) is 3.56. The summed E-state index contributed by atoms with van der Waals surface area (Å²) in [6, 6.07) is 0.288. The molecule has 1 aliphatic rings. The molecule has 2 atom stereocenters. The Morgan fingerprint density at radius 3 is 2.76 bits per heavy atom. The molecule has 3 nitrogen and oxygen atoms in total. The quantitative estimate of drug-likeness (QED) is 0.862. The molecule has 0 saturated carbocycles. The van der Waals surface area contributed by atoms with E-state index in [1.807, 2.05) is 18.5 Å². The number of rotatable bonds is 6. The monoisotopic (exact) mass is 315 g/mol. The van der Waals surface area contributed by atoms with Gasteiger partial charge in [0, 0.05) is 19.0 Å². The van der Waals surface area contributed by atoms with E-state index in [4.69, 9.17) is 11.6 Å².